The molecule has 0 radical (unpaired) electrons. The minimum absolute atomic E-state index is 0.121. The summed E-state index contributed by atoms with van der Waals surface area (Å²) < 4.78 is 5.22. The van der Waals surface area contributed by atoms with Crippen LogP contribution < -0.4 is 15.7 Å². The maximum Gasteiger partial charge on any atom is 0.338 e. The van der Waals surface area contributed by atoms with Crippen LogP contribution in [0, 0.1) is 16.0 Å². The van der Waals surface area contributed by atoms with Gasteiger partial charge in [0, 0.05) is 11.8 Å². The average molecular weight is 348 g/mol. The maximum absolute atomic E-state index is 12.4. The molecule has 0 aliphatic carbocycles. The van der Waals surface area contributed by atoms with Gasteiger partial charge in [-0.15, -0.1) is 0 Å². The summed E-state index contributed by atoms with van der Waals surface area (Å²) in [6.45, 7) is 5.48. The van der Waals surface area contributed by atoms with Crippen molar-refractivity contribution in [2.75, 3.05) is 6.61 Å². The number of nitro groups is 1. The number of esters is 1. The molecule has 1 aliphatic heterocycles. The van der Waals surface area contributed by atoms with Crippen LogP contribution in [0.25, 0.3) is 0 Å². The molecular weight excluding hydrogens is 330 g/mol. The van der Waals surface area contributed by atoms with Crippen LogP contribution in [0.3, 0.4) is 0 Å². The van der Waals surface area contributed by atoms with E-state index in [0.717, 1.165) is 12.1 Å². The van der Waals surface area contributed by atoms with E-state index in [1.54, 1.807) is 0 Å². The number of nitro benzene ring substituents is 1. The number of urea groups is 1. The second-order valence-electron chi connectivity index (χ2n) is 6.05. The molecule has 9 heteroatoms. The summed E-state index contributed by atoms with van der Waals surface area (Å²) in [5, 5.41) is 27.6. The number of carbonyl (C=O) groups is 2. The van der Waals surface area contributed by atoms with Crippen molar-refractivity contribution < 1.29 is 24.4 Å². The standard InChI is InChI=1S/C16H19N3O6/c1-8(2)7-25-15(21)13-9(3)17-16(22)18-14(13)10-4-5-12(20)11(6-10)19(23)24/h4-6,8,14,20H,7H2,1-3H3,(H2,17,18,22)/p-1. The van der Waals surface area contributed by atoms with Crippen LogP contribution in [-0.2, 0) is 9.53 Å². The molecule has 25 heavy (non-hydrogen) atoms. The number of hydrogen-bond acceptors (Lipinski definition) is 6. The Morgan fingerprint density at radius 2 is 2.08 bits per heavy atom. The van der Waals surface area contributed by atoms with Gasteiger partial charge in [0.25, 0.3) is 5.69 Å². The van der Waals surface area contributed by atoms with E-state index in [9.17, 15) is 24.8 Å². The third-order valence-corrected chi connectivity index (χ3v) is 3.55. The van der Waals surface area contributed by atoms with Crippen LogP contribution in [0.15, 0.2) is 29.5 Å². The van der Waals surface area contributed by atoms with E-state index in [1.165, 1.54) is 13.0 Å². The first kappa shape index (κ1) is 18.2. The number of hydrogen-bond donors (Lipinski definition) is 2. The van der Waals surface area contributed by atoms with Crippen molar-refractivity contribution >= 4 is 17.7 Å². The van der Waals surface area contributed by atoms with Crippen LogP contribution in [0.2, 0.25) is 0 Å². The SMILES string of the molecule is CC1=C(C(=O)OCC(C)C)C(c2ccc([O-])c([N+](=O)[O-])c2)NC(=O)N1. The molecule has 0 saturated heterocycles. The van der Waals surface area contributed by atoms with Crippen LogP contribution in [0.4, 0.5) is 10.5 Å². The van der Waals surface area contributed by atoms with Gasteiger partial charge in [0.1, 0.15) is 0 Å². The monoisotopic (exact) mass is 348 g/mol. The number of allylic oxidation sites excluding steroid dienone is 1. The number of nitrogens with one attached hydrogen (secondary N) is 2. The molecule has 1 aliphatic rings. The lowest BCUT2D eigenvalue weighted by atomic mass is 9.95. The first-order chi connectivity index (χ1) is 11.7. The molecule has 1 unspecified atom stereocenters. The zero-order valence-electron chi connectivity index (χ0n) is 14.0. The van der Waals surface area contributed by atoms with E-state index >= 15 is 0 Å². The summed E-state index contributed by atoms with van der Waals surface area (Å²) in [5.74, 6) is -1.27. The van der Waals surface area contributed by atoms with Crippen molar-refractivity contribution in [3.63, 3.8) is 0 Å². The van der Waals surface area contributed by atoms with Crippen molar-refractivity contribution in [1.29, 1.82) is 0 Å². The third kappa shape index (κ3) is 4.06. The van der Waals surface area contributed by atoms with Crippen molar-refractivity contribution in [1.82, 2.24) is 10.6 Å². The zero-order chi connectivity index (χ0) is 18.7. The Kier molecular flexibility index (Phi) is 5.26. The Morgan fingerprint density at radius 3 is 2.68 bits per heavy atom. The van der Waals surface area contributed by atoms with Gasteiger partial charge in [0.05, 0.1) is 23.1 Å². The van der Waals surface area contributed by atoms with Crippen molar-refractivity contribution in [2.24, 2.45) is 5.92 Å². The lowest BCUT2D eigenvalue weighted by molar-refractivity contribution is -0.398. The largest absolute Gasteiger partial charge is 0.868 e. The predicted molar refractivity (Wildman–Crippen MR) is 85.4 cm³/mol. The fourth-order valence-corrected chi connectivity index (χ4v) is 2.39. The Hall–Kier alpha value is -3.10. The average Bonchev–Trinajstić information content (AvgIpc) is 2.52. The van der Waals surface area contributed by atoms with Crippen molar-refractivity contribution in [3.8, 4) is 5.75 Å². The summed E-state index contributed by atoms with van der Waals surface area (Å²) in [6, 6.07) is 1.93. The van der Waals surface area contributed by atoms with Crippen molar-refractivity contribution in [2.45, 2.75) is 26.8 Å². The molecule has 0 aromatic heterocycles. The van der Waals surface area contributed by atoms with Gasteiger partial charge in [-0.3, -0.25) is 10.1 Å². The number of rotatable bonds is 5. The summed E-state index contributed by atoms with van der Waals surface area (Å²) in [7, 11) is 0. The van der Waals surface area contributed by atoms with Crippen LogP contribution in [-0.4, -0.2) is 23.5 Å². The number of carbonyl (C=O) groups excluding carboxylic acids is 2. The fourth-order valence-electron chi connectivity index (χ4n) is 2.39. The van der Waals surface area contributed by atoms with E-state index in [4.69, 9.17) is 4.74 Å². The van der Waals surface area contributed by atoms with Gasteiger partial charge in [0.2, 0.25) is 0 Å². The molecule has 2 rings (SSSR count). The maximum atomic E-state index is 12.4. The Labute approximate surface area is 143 Å². The number of benzene rings is 1. The highest BCUT2D eigenvalue weighted by molar-refractivity contribution is 5.95. The zero-order valence-corrected chi connectivity index (χ0v) is 14.0. The molecule has 0 fully saturated rings. The normalized spacial score (nSPS) is 17.1. The Bertz CT molecular complexity index is 756. The van der Waals surface area contributed by atoms with Gasteiger partial charge in [-0.2, -0.15) is 0 Å². The quantitative estimate of drug-likeness (QED) is 0.470. The molecule has 2 amide bonds. The van der Waals surface area contributed by atoms with E-state index in [1.807, 2.05) is 13.8 Å². The van der Waals surface area contributed by atoms with Gasteiger partial charge in [-0.25, -0.2) is 9.59 Å². The highest BCUT2D eigenvalue weighted by Crippen LogP contribution is 2.32. The van der Waals surface area contributed by atoms with Gasteiger partial charge >= 0.3 is 12.0 Å². The first-order valence-corrected chi connectivity index (χ1v) is 7.61. The van der Waals surface area contributed by atoms with Crippen LogP contribution in [0.1, 0.15) is 32.4 Å². The van der Waals surface area contributed by atoms with Crippen molar-refractivity contribution in [3.05, 3.63) is 45.1 Å². The van der Waals surface area contributed by atoms with Crippen LogP contribution >= 0.6 is 0 Å². The van der Waals surface area contributed by atoms with E-state index in [-0.39, 0.29) is 29.4 Å². The van der Waals surface area contributed by atoms with E-state index < -0.39 is 34.4 Å². The minimum Gasteiger partial charge on any atom is -0.868 e. The van der Waals surface area contributed by atoms with Gasteiger partial charge in [-0.05, 0) is 24.2 Å². The third-order valence-electron chi connectivity index (χ3n) is 3.55. The molecule has 9 nitrogen and oxygen atoms in total. The van der Waals surface area contributed by atoms with E-state index in [2.05, 4.69) is 10.6 Å². The summed E-state index contributed by atoms with van der Waals surface area (Å²) in [4.78, 5) is 34.4. The smallest absolute Gasteiger partial charge is 0.338 e. The topological polar surface area (TPSA) is 134 Å². The fraction of sp³-hybridized carbons (Fsp3) is 0.375. The lowest BCUT2D eigenvalue weighted by Gasteiger charge is -2.28. The highest BCUT2D eigenvalue weighted by atomic mass is 16.6. The minimum atomic E-state index is -0.951. The molecule has 1 aromatic rings. The first-order valence-electron chi connectivity index (χ1n) is 7.61. The number of amides is 2. The molecule has 0 bridgehead atoms. The Morgan fingerprint density at radius 1 is 1.40 bits per heavy atom. The Balaban J connectivity index is 2.44. The molecule has 0 spiro atoms. The second-order valence-corrected chi connectivity index (χ2v) is 6.05. The summed E-state index contributed by atoms with van der Waals surface area (Å²) in [6.07, 6.45) is 0. The van der Waals surface area contributed by atoms with Crippen LogP contribution in [0.5, 0.6) is 5.75 Å². The molecule has 2 N–H and O–H groups in total. The van der Waals surface area contributed by atoms with Gasteiger partial charge in [-0.1, -0.05) is 26.0 Å². The number of ether oxygens (including phenoxy) is 1. The molecule has 1 aromatic carbocycles. The number of nitrogens with zero attached hydrogens (tertiary/aromatic N) is 1. The molecule has 1 atom stereocenters. The second kappa shape index (κ2) is 7.20. The summed E-state index contributed by atoms with van der Waals surface area (Å²) >= 11 is 0. The van der Waals surface area contributed by atoms with E-state index in [0.29, 0.717) is 0 Å². The lowest BCUT2D eigenvalue weighted by Crippen LogP contribution is -2.45. The predicted octanol–water partition coefficient (Wildman–Crippen LogP) is 1.50. The molecule has 1 heterocycles. The molecule has 0 saturated carbocycles. The molecule has 134 valence electrons. The molecular formula is C16H18N3O6-. The van der Waals surface area contributed by atoms with Gasteiger partial charge in [0.15, 0.2) is 0 Å². The van der Waals surface area contributed by atoms with Gasteiger partial charge < -0.3 is 20.5 Å². The summed E-state index contributed by atoms with van der Waals surface area (Å²) in [5.41, 5.74) is 0.0411. The highest BCUT2D eigenvalue weighted by Gasteiger charge is 2.33.